The second kappa shape index (κ2) is 4.80. The van der Waals surface area contributed by atoms with Gasteiger partial charge in [0, 0.05) is 6.04 Å². The summed E-state index contributed by atoms with van der Waals surface area (Å²) in [7, 11) is 0. The lowest BCUT2D eigenvalue weighted by Crippen LogP contribution is -2.61. The van der Waals surface area contributed by atoms with Crippen molar-refractivity contribution in [2.75, 3.05) is 6.54 Å². The largest absolute Gasteiger partial charge is 0.343 e. The van der Waals surface area contributed by atoms with Gasteiger partial charge in [0.1, 0.15) is 6.04 Å². The molecule has 0 aromatic heterocycles. The van der Waals surface area contributed by atoms with Gasteiger partial charge in [-0.2, -0.15) is 0 Å². The summed E-state index contributed by atoms with van der Waals surface area (Å²) < 4.78 is 0. The van der Waals surface area contributed by atoms with Gasteiger partial charge in [-0.3, -0.25) is 9.59 Å². The fraction of sp³-hybridized carbons (Fsp3) is 0.867. The van der Waals surface area contributed by atoms with Crippen molar-refractivity contribution in [1.82, 2.24) is 10.2 Å². The van der Waals surface area contributed by atoms with E-state index in [1.807, 2.05) is 4.90 Å². The predicted molar refractivity (Wildman–Crippen MR) is 72.3 cm³/mol. The molecule has 2 saturated carbocycles. The predicted octanol–water partition coefficient (Wildman–Crippen LogP) is 1.55. The van der Waals surface area contributed by atoms with Gasteiger partial charge in [0.2, 0.25) is 11.8 Å². The quantitative estimate of drug-likeness (QED) is 0.840. The first-order valence-corrected chi connectivity index (χ1v) is 7.64. The average Bonchev–Trinajstić information content (AvgIpc) is 2.94. The van der Waals surface area contributed by atoms with Crippen molar-refractivity contribution in [3.63, 3.8) is 0 Å². The molecule has 4 atom stereocenters. The SMILES string of the molecule is CC(C)CC1NC(=O)CN(C2CC3CCC2C3)C1=O. The fourth-order valence-corrected chi connectivity index (χ4v) is 4.24. The van der Waals surface area contributed by atoms with E-state index >= 15 is 0 Å². The molecule has 3 rings (SSSR count). The lowest BCUT2D eigenvalue weighted by Gasteiger charge is -2.40. The van der Waals surface area contributed by atoms with Crippen LogP contribution >= 0.6 is 0 Å². The summed E-state index contributed by atoms with van der Waals surface area (Å²) in [4.78, 5) is 26.3. The van der Waals surface area contributed by atoms with Gasteiger partial charge < -0.3 is 10.2 Å². The van der Waals surface area contributed by atoms with Crippen molar-refractivity contribution in [2.24, 2.45) is 17.8 Å². The Morgan fingerprint density at radius 1 is 1.26 bits per heavy atom. The van der Waals surface area contributed by atoms with E-state index in [9.17, 15) is 9.59 Å². The van der Waals surface area contributed by atoms with Gasteiger partial charge in [-0.15, -0.1) is 0 Å². The molecule has 0 aromatic rings. The summed E-state index contributed by atoms with van der Waals surface area (Å²) in [6.07, 6.45) is 5.71. The lowest BCUT2D eigenvalue weighted by molar-refractivity contribution is -0.148. The van der Waals surface area contributed by atoms with Crippen LogP contribution in [-0.4, -0.2) is 35.3 Å². The Kier molecular flexibility index (Phi) is 3.27. The van der Waals surface area contributed by atoms with Crippen molar-refractivity contribution >= 4 is 11.8 Å². The highest BCUT2D eigenvalue weighted by molar-refractivity contribution is 5.95. The van der Waals surface area contributed by atoms with Crippen LogP contribution in [0, 0.1) is 17.8 Å². The highest BCUT2D eigenvalue weighted by Gasteiger charge is 2.46. The Morgan fingerprint density at radius 2 is 2.05 bits per heavy atom. The van der Waals surface area contributed by atoms with Crippen LogP contribution in [0.4, 0.5) is 0 Å². The number of hydrogen-bond donors (Lipinski definition) is 1. The van der Waals surface area contributed by atoms with E-state index < -0.39 is 0 Å². The summed E-state index contributed by atoms with van der Waals surface area (Å²) in [6.45, 7) is 4.47. The minimum Gasteiger partial charge on any atom is -0.343 e. The molecule has 1 N–H and O–H groups in total. The molecule has 4 nitrogen and oxygen atoms in total. The van der Waals surface area contributed by atoms with E-state index in [0.717, 1.165) is 18.8 Å². The molecule has 0 aromatic carbocycles. The average molecular weight is 264 g/mol. The standard InChI is InChI=1S/C15H24N2O2/c1-9(2)5-12-15(19)17(8-14(18)16-12)13-7-10-3-4-11(13)6-10/h9-13H,3-8H2,1-2H3,(H,16,18). The number of carbonyl (C=O) groups is 2. The molecule has 2 amide bonds. The molecule has 1 heterocycles. The Labute approximate surface area is 114 Å². The third kappa shape index (κ3) is 2.37. The van der Waals surface area contributed by atoms with Crippen LogP contribution in [0.1, 0.15) is 46.0 Å². The van der Waals surface area contributed by atoms with Crippen LogP contribution < -0.4 is 5.32 Å². The Balaban J connectivity index is 1.73. The van der Waals surface area contributed by atoms with Gasteiger partial charge in [-0.05, 0) is 43.4 Å². The number of nitrogens with one attached hydrogen (secondary N) is 1. The maximum atomic E-state index is 12.6. The van der Waals surface area contributed by atoms with E-state index in [0.29, 0.717) is 17.9 Å². The van der Waals surface area contributed by atoms with Crippen LogP contribution in [0.2, 0.25) is 0 Å². The number of rotatable bonds is 3. The van der Waals surface area contributed by atoms with Gasteiger partial charge in [0.25, 0.3) is 0 Å². The molecule has 2 bridgehead atoms. The Hall–Kier alpha value is -1.06. The van der Waals surface area contributed by atoms with E-state index in [1.54, 1.807) is 0 Å². The third-order valence-corrected chi connectivity index (χ3v) is 5.04. The zero-order chi connectivity index (χ0) is 13.6. The molecule has 1 aliphatic heterocycles. The molecular weight excluding hydrogens is 240 g/mol. The minimum atomic E-state index is -0.291. The normalized spacial score (nSPS) is 38.2. The molecule has 3 aliphatic rings. The van der Waals surface area contributed by atoms with E-state index in [2.05, 4.69) is 19.2 Å². The fourth-order valence-electron chi connectivity index (χ4n) is 4.24. The molecule has 2 aliphatic carbocycles. The van der Waals surface area contributed by atoms with Crippen molar-refractivity contribution in [3.8, 4) is 0 Å². The molecule has 1 saturated heterocycles. The summed E-state index contributed by atoms with van der Waals surface area (Å²) in [5.74, 6) is 2.06. The van der Waals surface area contributed by atoms with Crippen LogP contribution in [0.5, 0.6) is 0 Å². The van der Waals surface area contributed by atoms with Crippen molar-refractivity contribution in [2.45, 2.75) is 58.0 Å². The number of hydrogen-bond acceptors (Lipinski definition) is 2. The van der Waals surface area contributed by atoms with E-state index in [1.165, 1.54) is 19.3 Å². The number of carbonyl (C=O) groups excluding carboxylic acids is 2. The van der Waals surface area contributed by atoms with Crippen LogP contribution in [0.3, 0.4) is 0 Å². The Morgan fingerprint density at radius 3 is 2.63 bits per heavy atom. The zero-order valence-electron chi connectivity index (χ0n) is 11.9. The number of piperazine rings is 1. The molecule has 106 valence electrons. The van der Waals surface area contributed by atoms with Gasteiger partial charge in [-0.1, -0.05) is 20.3 Å². The smallest absolute Gasteiger partial charge is 0.245 e. The summed E-state index contributed by atoms with van der Waals surface area (Å²) in [5.41, 5.74) is 0. The molecule has 0 spiro atoms. The summed E-state index contributed by atoms with van der Waals surface area (Å²) in [6, 6.07) is 0.0485. The first-order chi connectivity index (χ1) is 9.04. The topological polar surface area (TPSA) is 49.4 Å². The van der Waals surface area contributed by atoms with Crippen LogP contribution in [-0.2, 0) is 9.59 Å². The van der Waals surface area contributed by atoms with Crippen molar-refractivity contribution in [1.29, 1.82) is 0 Å². The molecule has 4 heteroatoms. The van der Waals surface area contributed by atoms with Crippen molar-refractivity contribution in [3.05, 3.63) is 0 Å². The van der Waals surface area contributed by atoms with Crippen LogP contribution in [0.15, 0.2) is 0 Å². The second-order valence-electron chi connectivity index (χ2n) is 6.96. The van der Waals surface area contributed by atoms with Crippen LogP contribution in [0.25, 0.3) is 0 Å². The Bertz CT molecular complexity index is 394. The number of nitrogens with zero attached hydrogens (tertiary/aromatic N) is 1. The number of amides is 2. The van der Waals surface area contributed by atoms with E-state index in [4.69, 9.17) is 0 Å². The minimum absolute atomic E-state index is 0.0213. The zero-order valence-corrected chi connectivity index (χ0v) is 11.9. The highest BCUT2D eigenvalue weighted by Crippen LogP contribution is 2.46. The molecule has 3 fully saturated rings. The number of fused-ring (bicyclic) bond motifs is 2. The van der Waals surface area contributed by atoms with Gasteiger partial charge in [0.05, 0.1) is 6.54 Å². The van der Waals surface area contributed by atoms with Gasteiger partial charge in [0.15, 0.2) is 0 Å². The first kappa shape index (κ1) is 12.9. The van der Waals surface area contributed by atoms with Gasteiger partial charge in [-0.25, -0.2) is 0 Å². The summed E-state index contributed by atoms with van der Waals surface area (Å²) in [5, 5.41) is 2.86. The molecule has 19 heavy (non-hydrogen) atoms. The van der Waals surface area contributed by atoms with Gasteiger partial charge >= 0.3 is 0 Å². The maximum Gasteiger partial charge on any atom is 0.245 e. The first-order valence-electron chi connectivity index (χ1n) is 7.64. The van der Waals surface area contributed by atoms with E-state index in [-0.39, 0.29) is 24.4 Å². The molecular formula is C15H24N2O2. The maximum absolute atomic E-state index is 12.6. The second-order valence-corrected chi connectivity index (χ2v) is 6.96. The highest BCUT2D eigenvalue weighted by atomic mass is 16.2. The monoisotopic (exact) mass is 264 g/mol. The summed E-state index contributed by atoms with van der Waals surface area (Å²) >= 11 is 0. The molecule has 0 radical (unpaired) electrons. The third-order valence-electron chi connectivity index (χ3n) is 5.04. The molecule has 4 unspecified atom stereocenters. The van der Waals surface area contributed by atoms with Crippen molar-refractivity contribution < 1.29 is 9.59 Å². The lowest BCUT2D eigenvalue weighted by atomic mass is 9.92.